The van der Waals surface area contributed by atoms with Crippen LogP contribution in [0.4, 0.5) is 14.5 Å². The number of likely N-dealkylation sites (tertiary alicyclic amines) is 1. The number of alkyl halides is 2. The maximum Gasteiger partial charge on any atom is 0.250 e. The van der Waals surface area contributed by atoms with Crippen LogP contribution in [0.5, 0.6) is 0 Å². The molecule has 2 heterocycles. The van der Waals surface area contributed by atoms with Gasteiger partial charge >= 0.3 is 0 Å². The van der Waals surface area contributed by atoms with Gasteiger partial charge in [0.1, 0.15) is 4.60 Å². The van der Waals surface area contributed by atoms with Crippen molar-refractivity contribution in [2.45, 2.75) is 18.8 Å². The van der Waals surface area contributed by atoms with E-state index in [9.17, 15) is 13.6 Å². The molecule has 0 unspecified atom stereocenters. The summed E-state index contributed by atoms with van der Waals surface area (Å²) in [7, 11) is 0. The predicted octanol–water partition coefficient (Wildman–Crippen LogP) is 2.51. The lowest BCUT2D eigenvalue weighted by atomic mass is 10.1. The van der Waals surface area contributed by atoms with Crippen LogP contribution in [0.15, 0.2) is 22.9 Å². The van der Waals surface area contributed by atoms with Crippen LogP contribution in [-0.4, -0.2) is 41.3 Å². The monoisotopic (exact) mass is 333 g/mol. The van der Waals surface area contributed by atoms with Crippen molar-refractivity contribution in [3.05, 3.63) is 22.9 Å². The minimum Gasteiger partial charge on any atom is -0.325 e. The van der Waals surface area contributed by atoms with Crippen molar-refractivity contribution in [3.8, 4) is 0 Å². The van der Waals surface area contributed by atoms with Gasteiger partial charge in [0, 0.05) is 37.8 Å². The standard InChI is InChI=1S/C12H14BrF2N3O/c13-10-7-9(1-4-16-10)17-11(19)8-18-5-2-12(14,15)3-6-18/h1,4,7H,2-3,5-6,8H2,(H,16,17,19). The summed E-state index contributed by atoms with van der Waals surface area (Å²) in [5.74, 6) is -2.79. The Morgan fingerprint density at radius 1 is 1.47 bits per heavy atom. The molecule has 0 aromatic carbocycles. The Balaban J connectivity index is 1.82. The van der Waals surface area contributed by atoms with E-state index in [0.29, 0.717) is 10.3 Å². The molecule has 2 rings (SSSR count). The van der Waals surface area contributed by atoms with Gasteiger partial charge in [-0.15, -0.1) is 0 Å². The number of aromatic nitrogens is 1. The van der Waals surface area contributed by atoms with Crippen LogP contribution < -0.4 is 5.32 Å². The zero-order valence-corrected chi connectivity index (χ0v) is 11.8. The van der Waals surface area contributed by atoms with E-state index in [2.05, 4.69) is 26.2 Å². The number of halogens is 3. The van der Waals surface area contributed by atoms with Gasteiger partial charge in [0.05, 0.1) is 6.54 Å². The van der Waals surface area contributed by atoms with E-state index in [1.165, 1.54) is 0 Å². The summed E-state index contributed by atoms with van der Waals surface area (Å²) >= 11 is 3.21. The smallest absolute Gasteiger partial charge is 0.250 e. The fourth-order valence-corrected chi connectivity index (χ4v) is 2.29. The maximum atomic E-state index is 13.0. The lowest BCUT2D eigenvalue weighted by Gasteiger charge is -2.31. The lowest BCUT2D eigenvalue weighted by molar-refractivity contribution is -0.119. The quantitative estimate of drug-likeness (QED) is 0.864. The molecule has 0 radical (unpaired) electrons. The van der Waals surface area contributed by atoms with E-state index < -0.39 is 5.92 Å². The summed E-state index contributed by atoms with van der Waals surface area (Å²) < 4.78 is 26.6. The number of amides is 1. The molecule has 19 heavy (non-hydrogen) atoms. The van der Waals surface area contributed by atoms with Crippen molar-refractivity contribution in [1.82, 2.24) is 9.88 Å². The molecule has 7 heteroatoms. The Labute approximate surface area is 118 Å². The molecule has 1 aromatic heterocycles. The Hall–Kier alpha value is -1.08. The number of nitrogens with one attached hydrogen (secondary N) is 1. The molecule has 4 nitrogen and oxygen atoms in total. The van der Waals surface area contributed by atoms with Gasteiger partial charge < -0.3 is 5.32 Å². The molecule has 104 valence electrons. The Morgan fingerprint density at radius 3 is 2.79 bits per heavy atom. The van der Waals surface area contributed by atoms with Crippen LogP contribution in [-0.2, 0) is 4.79 Å². The van der Waals surface area contributed by atoms with Crippen molar-refractivity contribution in [3.63, 3.8) is 0 Å². The van der Waals surface area contributed by atoms with Gasteiger partial charge in [0.25, 0.3) is 5.92 Å². The molecule has 1 aliphatic rings. The lowest BCUT2D eigenvalue weighted by Crippen LogP contribution is -2.42. The number of pyridine rings is 1. The molecule has 1 fully saturated rings. The number of rotatable bonds is 3. The number of nitrogens with zero attached hydrogens (tertiary/aromatic N) is 2. The topological polar surface area (TPSA) is 45.2 Å². The van der Waals surface area contributed by atoms with E-state index in [4.69, 9.17) is 0 Å². The first-order valence-electron chi connectivity index (χ1n) is 5.96. The highest BCUT2D eigenvalue weighted by molar-refractivity contribution is 9.10. The largest absolute Gasteiger partial charge is 0.325 e. The van der Waals surface area contributed by atoms with Gasteiger partial charge in [0.2, 0.25) is 5.91 Å². The van der Waals surface area contributed by atoms with Crippen LogP contribution >= 0.6 is 15.9 Å². The van der Waals surface area contributed by atoms with Crippen molar-refractivity contribution in [1.29, 1.82) is 0 Å². The predicted molar refractivity (Wildman–Crippen MR) is 71.2 cm³/mol. The first-order chi connectivity index (χ1) is 8.94. The summed E-state index contributed by atoms with van der Waals surface area (Å²) in [6.07, 6.45) is 1.21. The minimum atomic E-state index is -2.58. The molecule has 1 N–H and O–H groups in total. The fraction of sp³-hybridized carbons (Fsp3) is 0.500. The van der Waals surface area contributed by atoms with Crippen molar-refractivity contribution >= 4 is 27.5 Å². The summed E-state index contributed by atoms with van der Waals surface area (Å²) in [6.45, 7) is 0.636. The van der Waals surface area contributed by atoms with Gasteiger partial charge in [-0.25, -0.2) is 13.8 Å². The second kappa shape index (κ2) is 5.92. The average molecular weight is 334 g/mol. The molecule has 0 saturated carbocycles. The first-order valence-corrected chi connectivity index (χ1v) is 6.75. The Bertz CT molecular complexity index is 460. The molecular weight excluding hydrogens is 320 g/mol. The van der Waals surface area contributed by atoms with Crippen molar-refractivity contribution in [2.75, 3.05) is 25.0 Å². The number of carbonyl (C=O) groups is 1. The molecule has 1 saturated heterocycles. The summed E-state index contributed by atoms with van der Waals surface area (Å²) in [4.78, 5) is 17.5. The summed E-state index contributed by atoms with van der Waals surface area (Å²) in [6, 6.07) is 3.36. The van der Waals surface area contributed by atoms with Crippen LogP contribution in [0, 0.1) is 0 Å². The number of hydrogen-bond acceptors (Lipinski definition) is 3. The molecule has 1 aromatic rings. The average Bonchev–Trinajstić information content (AvgIpc) is 2.32. The Morgan fingerprint density at radius 2 is 2.16 bits per heavy atom. The third-order valence-corrected chi connectivity index (χ3v) is 3.40. The second-order valence-corrected chi connectivity index (χ2v) is 5.36. The fourth-order valence-electron chi connectivity index (χ4n) is 1.92. The molecule has 1 aliphatic heterocycles. The van der Waals surface area contributed by atoms with Crippen LogP contribution in [0.25, 0.3) is 0 Å². The molecular formula is C12H14BrF2N3O. The maximum absolute atomic E-state index is 13.0. The number of anilines is 1. The zero-order chi connectivity index (χ0) is 13.9. The highest BCUT2D eigenvalue weighted by Crippen LogP contribution is 2.27. The van der Waals surface area contributed by atoms with Crippen LogP contribution in [0.2, 0.25) is 0 Å². The molecule has 1 amide bonds. The summed E-state index contributed by atoms with van der Waals surface area (Å²) in [5.41, 5.74) is 0.634. The van der Waals surface area contributed by atoms with Crippen molar-refractivity contribution in [2.24, 2.45) is 0 Å². The Kier molecular flexibility index (Phi) is 4.46. The molecule has 0 atom stereocenters. The van der Waals surface area contributed by atoms with E-state index in [-0.39, 0.29) is 38.4 Å². The minimum absolute atomic E-state index is 0.135. The van der Waals surface area contributed by atoms with E-state index >= 15 is 0 Å². The number of hydrogen-bond donors (Lipinski definition) is 1. The third kappa shape index (κ3) is 4.50. The van der Waals surface area contributed by atoms with Gasteiger partial charge in [-0.1, -0.05) is 0 Å². The molecule has 0 aliphatic carbocycles. The van der Waals surface area contributed by atoms with Gasteiger partial charge in [-0.3, -0.25) is 9.69 Å². The van der Waals surface area contributed by atoms with Crippen molar-refractivity contribution < 1.29 is 13.6 Å². The van der Waals surface area contributed by atoms with Gasteiger partial charge in [-0.05, 0) is 28.1 Å². The van der Waals surface area contributed by atoms with E-state index in [1.807, 2.05) is 0 Å². The van der Waals surface area contributed by atoms with Gasteiger partial charge in [-0.2, -0.15) is 0 Å². The highest BCUT2D eigenvalue weighted by Gasteiger charge is 2.34. The normalized spacial score (nSPS) is 19.1. The number of carbonyl (C=O) groups excluding carboxylic acids is 1. The first kappa shape index (κ1) is 14.3. The van der Waals surface area contributed by atoms with Crippen LogP contribution in [0.1, 0.15) is 12.8 Å². The number of piperidine rings is 1. The summed E-state index contributed by atoms with van der Waals surface area (Å²) in [5, 5.41) is 2.71. The molecule has 0 spiro atoms. The van der Waals surface area contributed by atoms with Crippen LogP contribution in [0.3, 0.4) is 0 Å². The SMILES string of the molecule is O=C(CN1CCC(F)(F)CC1)Nc1ccnc(Br)c1. The molecule has 0 bridgehead atoms. The zero-order valence-electron chi connectivity index (χ0n) is 10.2. The van der Waals surface area contributed by atoms with E-state index in [0.717, 1.165) is 0 Å². The third-order valence-electron chi connectivity index (χ3n) is 2.97. The second-order valence-electron chi connectivity index (χ2n) is 4.55. The van der Waals surface area contributed by atoms with Gasteiger partial charge in [0.15, 0.2) is 0 Å². The van der Waals surface area contributed by atoms with E-state index in [1.54, 1.807) is 23.2 Å². The highest BCUT2D eigenvalue weighted by atomic mass is 79.9.